The molecule has 2 aromatic rings. The topological polar surface area (TPSA) is 78.9 Å². The molecule has 0 spiro atoms. The van der Waals surface area contributed by atoms with Crippen molar-refractivity contribution < 1.29 is 19.4 Å². The van der Waals surface area contributed by atoms with Crippen LogP contribution in [0.5, 0.6) is 11.5 Å². The Kier molecular flexibility index (Phi) is 6.87. The monoisotopic (exact) mass is 430 g/mol. The maximum absolute atomic E-state index is 11.8. The predicted octanol–water partition coefficient (Wildman–Crippen LogP) is 5.16. The Morgan fingerprint density at radius 2 is 2.03 bits per heavy atom. The Morgan fingerprint density at radius 3 is 2.67 bits per heavy atom. The SMILES string of the molecule is CNC(=O)c1ccc(Oc2ccc3c(c2)CCN(C(=O)O)CC3CC(C)C)c(Cl)c1. The molecule has 2 amide bonds. The maximum Gasteiger partial charge on any atom is 0.407 e. The lowest BCUT2D eigenvalue weighted by Crippen LogP contribution is -2.33. The molecule has 1 heterocycles. The molecule has 0 aliphatic carbocycles. The van der Waals surface area contributed by atoms with Gasteiger partial charge in [0, 0.05) is 31.6 Å². The van der Waals surface area contributed by atoms with Crippen LogP contribution in [0.2, 0.25) is 5.02 Å². The van der Waals surface area contributed by atoms with Gasteiger partial charge in [0.15, 0.2) is 0 Å². The third-order valence-electron chi connectivity index (χ3n) is 5.32. The van der Waals surface area contributed by atoms with Crippen LogP contribution in [0.15, 0.2) is 36.4 Å². The van der Waals surface area contributed by atoms with E-state index in [-0.39, 0.29) is 11.8 Å². The molecule has 1 aliphatic heterocycles. The predicted molar refractivity (Wildman–Crippen MR) is 117 cm³/mol. The minimum atomic E-state index is -0.879. The lowest BCUT2D eigenvalue weighted by molar-refractivity contribution is 0.0963. The summed E-state index contributed by atoms with van der Waals surface area (Å²) in [6.45, 7) is 5.27. The van der Waals surface area contributed by atoms with E-state index in [4.69, 9.17) is 16.3 Å². The Labute approximate surface area is 181 Å². The number of rotatable bonds is 5. The van der Waals surface area contributed by atoms with Gasteiger partial charge >= 0.3 is 6.09 Å². The average molecular weight is 431 g/mol. The number of carboxylic acid groups (broad SMARTS) is 1. The molecular formula is C23H27ClN2O4. The fraction of sp³-hybridized carbons (Fsp3) is 0.391. The average Bonchev–Trinajstić information content (AvgIpc) is 2.88. The van der Waals surface area contributed by atoms with Crippen molar-refractivity contribution in [1.82, 2.24) is 10.2 Å². The maximum atomic E-state index is 11.8. The molecular weight excluding hydrogens is 404 g/mol. The molecule has 6 nitrogen and oxygen atoms in total. The van der Waals surface area contributed by atoms with Crippen LogP contribution >= 0.6 is 11.6 Å². The summed E-state index contributed by atoms with van der Waals surface area (Å²) in [7, 11) is 1.56. The quantitative estimate of drug-likeness (QED) is 0.686. The van der Waals surface area contributed by atoms with Crippen LogP contribution in [0.25, 0.3) is 0 Å². The molecule has 0 aromatic heterocycles. The van der Waals surface area contributed by atoms with Crippen LogP contribution in [0, 0.1) is 5.92 Å². The largest absolute Gasteiger partial charge is 0.465 e. The van der Waals surface area contributed by atoms with Crippen LogP contribution in [-0.4, -0.2) is 42.1 Å². The van der Waals surface area contributed by atoms with Gasteiger partial charge in [-0.15, -0.1) is 0 Å². The molecule has 1 unspecified atom stereocenters. The molecule has 0 fully saturated rings. The van der Waals surface area contributed by atoms with E-state index in [2.05, 4.69) is 19.2 Å². The van der Waals surface area contributed by atoms with Gasteiger partial charge in [0.2, 0.25) is 0 Å². The van der Waals surface area contributed by atoms with Crippen LogP contribution in [-0.2, 0) is 6.42 Å². The van der Waals surface area contributed by atoms with Crippen molar-refractivity contribution in [2.24, 2.45) is 5.92 Å². The fourth-order valence-electron chi connectivity index (χ4n) is 3.91. The van der Waals surface area contributed by atoms with Crippen molar-refractivity contribution in [2.45, 2.75) is 32.6 Å². The van der Waals surface area contributed by atoms with Crippen molar-refractivity contribution in [3.05, 3.63) is 58.1 Å². The van der Waals surface area contributed by atoms with Crippen molar-refractivity contribution in [3.63, 3.8) is 0 Å². The molecule has 1 atom stereocenters. The van der Waals surface area contributed by atoms with Gasteiger partial charge in [-0.3, -0.25) is 4.79 Å². The number of fused-ring (bicyclic) bond motifs is 1. The van der Waals surface area contributed by atoms with E-state index >= 15 is 0 Å². The molecule has 7 heteroatoms. The summed E-state index contributed by atoms with van der Waals surface area (Å²) < 4.78 is 5.98. The number of amides is 2. The smallest absolute Gasteiger partial charge is 0.407 e. The molecule has 0 saturated carbocycles. The Hall–Kier alpha value is -2.73. The van der Waals surface area contributed by atoms with Gasteiger partial charge < -0.3 is 20.1 Å². The first-order chi connectivity index (χ1) is 14.3. The Bertz CT molecular complexity index is 945. The van der Waals surface area contributed by atoms with E-state index in [1.54, 1.807) is 25.2 Å². The number of nitrogens with one attached hydrogen (secondary N) is 1. The molecule has 0 radical (unpaired) electrons. The highest BCUT2D eigenvalue weighted by molar-refractivity contribution is 6.32. The summed E-state index contributed by atoms with van der Waals surface area (Å²) in [5, 5.41) is 12.4. The summed E-state index contributed by atoms with van der Waals surface area (Å²) in [6.07, 6.45) is 0.677. The summed E-state index contributed by atoms with van der Waals surface area (Å²) in [5.41, 5.74) is 2.74. The van der Waals surface area contributed by atoms with Crippen molar-refractivity contribution in [3.8, 4) is 11.5 Å². The standard InChI is InChI=1S/C23H27ClN2O4/c1-14(2)10-17-13-26(23(28)29)9-8-15-11-18(5-6-19(15)17)30-21-7-4-16(12-20(21)24)22(27)25-3/h4-7,11-12,14,17H,8-10,13H2,1-3H3,(H,25,27)(H,28,29). The first-order valence-corrected chi connectivity index (χ1v) is 10.5. The second-order valence-corrected chi connectivity index (χ2v) is 8.40. The number of hydrogen-bond donors (Lipinski definition) is 2. The van der Waals surface area contributed by atoms with Crippen LogP contribution in [0.3, 0.4) is 0 Å². The number of ether oxygens (including phenoxy) is 1. The number of halogens is 1. The van der Waals surface area contributed by atoms with Crippen molar-refractivity contribution in [2.75, 3.05) is 20.1 Å². The zero-order chi connectivity index (χ0) is 21.8. The molecule has 30 heavy (non-hydrogen) atoms. The molecule has 0 saturated heterocycles. The highest BCUT2D eigenvalue weighted by atomic mass is 35.5. The van der Waals surface area contributed by atoms with Gasteiger partial charge in [0.1, 0.15) is 11.5 Å². The van der Waals surface area contributed by atoms with Crippen LogP contribution < -0.4 is 10.1 Å². The first kappa shape index (κ1) is 22.0. The highest BCUT2D eigenvalue weighted by Gasteiger charge is 2.26. The van der Waals surface area contributed by atoms with Gasteiger partial charge in [0.25, 0.3) is 5.91 Å². The van der Waals surface area contributed by atoms with Gasteiger partial charge in [-0.05, 0) is 60.2 Å². The third-order valence-corrected chi connectivity index (χ3v) is 5.62. The van der Waals surface area contributed by atoms with E-state index in [0.717, 1.165) is 12.0 Å². The Balaban J connectivity index is 1.86. The third kappa shape index (κ3) is 5.05. The van der Waals surface area contributed by atoms with E-state index < -0.39 is 6.09 Å². The Morgan fingerprint density at radius 1 is 1.27 bits per heavy atom. The molecule has 3 rings (SSSR count). The second kappa shape index (κ2) is 9.39. The van der Waals surface area contributed by atoms with E-state index in [9.17, 15) is 14.7 Å². The lowest BCUT2D eigenvalue weighted by atomic mass is 9.87. The minimum Gasteiger partial charge on any atom is -0.465 e. The van der Waals surface area contributed by atoms with Gasteiger partial charge in [0.05, 0.1) is 5.02 Å². The van der Waals surface area contributed by atoms with Gasteiger partial charge in [-0.2, -0.15) is 0 Å². The van der Waals surface area contributed by atoms with Crippen molar-refractivity contribution in [1.29, 1.82) is 0 Å². The summed E-state index contributed by atoms with van der Waals surface area (Å²) >= 11 is 6.31. The summed E-state index contributed by atoms with van der Waals surface area (Å²) in [4.78, 5) is 24.8. The van der Waals surface area contributed by atoms with Gasteiger partial charge in [-0.1, -0.05) is 31.5 Å². The molecule has 2 N–H and O–H groups in total. The summed E-state index contributed by atoms with van der Waals surface area (Å²) in [6, 6.07) is 10.8. The second-order valence-electron chi connectivity index (χ2n) is 7.99. The zero-order valence-corrected chi connectivity index (χ0v) is 18.2. The molecule has 160 valence electrons. The zero-order valence-electron chi connectivity index (χ0n) is 17.4. The molecule has 1 aliphatic rings. The fourth-order valence-corrected chi connectivity index (χ4v) is 4.13. The number of hydrogen-bond acceptors (Lipinski definition) is 3. The first-order valence-electron chi connectivity index (χ1n) is 10.1. The van der Waals surface area contributed by atoms with Gasteiger partial charge in [-0.25, -0.2) is 4.79 Å². The minimum absolute atomic E-state index is 0.156. The van der Waals surface area contributed by atoms with E-state index in [0.29, 0.717) is 47.5 Å². The van der Waals surface area contributed by atoms with Crippen molar-refractivity contribution >= 4 is 23.6 Å². The molecule has 2 aromatic carbocycles. The number of nitrogens with zero attached hydrogens (tertiary/aromatic N) is 1. The number of carbonyl (C=O) groups is 2. The van der Waals surface area contributed by atoms with Crippen LogP contribution in [0.4, 0.5) is 4.79 Å². The van der Waals surface area contributed by atoms with E-state index in [1.165, 1.54) is 10.5 Å². The number of benzene rings is 2. The summed E-state index contributed by atoms with van der Waals surface area (Å²) in [5.74, 6) is 1.50. The molecule has 0 bridgehead atoms. The normalized spacial score (nSPS) is 16.0. The number of carbonyl (C=O) groups excluding carboxylic acids is 1. The van der Waals surface area contributed by atoms with Crippen LogP contribution in [0.1, 0.15) is 47.7 Å². The highest BCUT2D eigenvalue weighted by Crippen LogP contribution is 2.35. The lowest BCUT2D eigenvalue weighted by Gasteiger charge is -2.24. The van der Waals surface area contributed by atoms with E-state index in [1.807, 2.05) is 18.2 Å².